The number of methoxy groups -OCH3 is 1. The highest BCUT2D eigenvalue weighted by molar-refractivity contribution is 5.97. The minimum Gasteiger partial charge on any atom is -0.490 e. The Morgan fingerprint density at radius 1 is 1.38 bits per heavy atom. The molecule has 1 aliphatic rings. The van der Waals surface area contributed by atoms with Gasteiger partial charge in [0.25, 0.3) is 0 Å². The van der Waals surface area contributed by atoms with Gasteiger partial charge in [-0.05, 0) is 11.6 Å². The Morgan fingerprint density at radius 3 is 2.69 bits per heavy atom. The number of carbonyl (C=O) groups is 1. The number of rotatable bonds is 4. The van der Waals surface area contributed by atoms with Crippen LogP contribution in [-0.2, 0) is 14.3 Å². The Bertz CT molecular complexity index is 395. The second-order valence-corrected chi connectivity index (χ2v) is 3.60. The van der Waals surface area contributed by atoms with Gasteiger partial charge in [0.1, 0.15) is 6.10 Å². The second-order valence-electron chi connectivity index (χ2n) is 3.60. The molecule has 1 atom stereocenters. The van der Waals surface area contributed by atoms with Gasteiger partial charge in [0, 0.05) is 13.5 Å². The largest absolute Gasteiger partial charge is 0.490 e. The summed E-state index contributed by atoms with van der Waals surface area (Å²) in [6, 6.07) is 9.44. The minimum atomic E-state index is -0.564. The van der Waals surface area contributed by atoms with E-state index in [1.807, 2.05) is 36.4 Å². The van der Waals surface area contributed by atoms with Crippen LogP contribution in [0, 0.1) is 0 Å². The van der Waals surface area contributed by atoms with E-state index >= 15 is 0 Å². The maximum atomic E-state index is 12.1. The average molecular weight is 218 g/mol. The Labute approximate surface area is 94.7 Å². The van der Waals surface area contributed by atoms with Crippen molar-refractivity contribution in [1.82, 2.24) is 0 Å². The molecule has 1 heterocycles. The quantitative estimate of drug-likeness (QED) is 0.777. The molecule has 0 aromatic heterocycles. The van der Waals surface area contributed by atoms with E-state index in [2.05, 4.69) is 0 Å². The Kier molecular flexibility index (Phi) is 3.37. The summed E-state index contributed by atoms with van der Waals surface area (Å²) in [6.45, 7) is 0.590. The highest BCUT2D eigenvalue weighted by Gasteiger charge is 2.26. The Balaban J connectivity index is 2.20. The Hall–Kier alpha value is -1.61. The van der Waals surface area contributed by atoms with Crippen LogP contribution in [0.3, 0.4) is 0 Å². The van der Waals surface area contributed by atoms with E-state index in [0.29, 0.717) is 12.4 Å². The number of carbonyl (C=O) groups excluding carboxylic acids is 1. The van der Waals surface area contributed by atoms with Crippen LogP contribution in [0.2, 0.25) is 0 Å². The molecule has 0 radical (unpaired) electrons. The Morgan fingerprint density at radius 2 is 2.12 bits per heavy atom. The molecular weight excluding hydrogens is 204 g/mol. The smallest absolute Gasteiger partial charge is 0.230 e. The van der Waals surface area contributed by atoms with E-state index in [-0.39, 0.29) is 5.78 Å². The van der Waals surface area contributed by atoms with E-state index in [1.165, 1.54) is 7.11 Å². The van der Waals surface area contributed by atoms with Crippen LogP contribution in [-0.4, -0.2) is 19.5 Å². The van der Waals surface area contributed by atoms with Gasteiger partial charge in [-0.1, -0.05) is 30.3 Å². The number of ketones is 1. The highest BCUT2D eigenvalue weighted by Crippen LogP contribution is 2.23. The average Bonchev–Trinajstić information content (AvgIpc) is 2.85. The van der Waals surface area contributed by atoms with Crippen LogP contribution in [0.15, 0.2) is 42.2 Å². The molecule has 1 aromatic rings. The first-order chi connectivity index (χ1) is 7.83. The van der Waals surface area contributed by atoms with Crippen molar-refractivity contribution in [1.29, 1.82) is 0 Å². The first-order valence-corrected chi connectivity index (χ1v) is 5.28. The molecule has 1 aromatic carbocycles. The van der Waals surface area contributed by atoms with Crippen molar-refractivity contribution in [3.8, 4) is 0 Å². The van der Waals surface area contributed by atoms with Crippen LogP contribution in [0.1, 0.15) is 18.1 Å². The molecule has 1 unspecified atom stereocenters. The molecule has 16 heavy (non-hydrogen) atoms. The first-order valence-electron chi connectivity index (χ1n) is 5.28. The van der Waals surface area contributed by atoms with Crippen molar-refractivity contribution in [3.63, 3.8) is 0 Å². The van der Waals surface area contributed by atoms with Gasteiger partial charge in [-0.2, -0.15) is 0 Å². The molecule has 0 fully saturated rings. The fourth-order valence-corrected chi connectivity index (χ4v) is 1.74. The molecule has 1 aliphatic heterocycles. The molecule has 0 spiro atoms. The van der Waals surface area contributed by atoms with E-state index in [1.54, 1.807) is 0 Å². The van der Waals surface area contributed by atoms with Gasteiger partial charge in [-0.3, -0.25) is 4.79 Å². The predicted octanol–water partition coefficient (Wildman–Crippen LogP) is 2.25. The lowest BCUT2D eigenvalue weighted by molar-refractivity contribution is -0.128. The van der Waals surface area contributed by atoms with Crippen molar-refractivity contribution in [2.24, 2.45) is 0 Å². The van der Waals surface area contributed by atoms with Gasteiger partial charge in [0.15, 0.2) is 5.76 Å². The lowest BCUT2D eigenvalue weighted by atomic mass is 10.0. The summed E-state index contributed by atoms with van der Waals surface area (Å²) in [6.07, 6.45) is 2.05. The molecule has 0 amide bonds. The number of ether oxygens (including phenoxy) is 2. The zero-order valence-electron chi connectivity index (χ0n) is 9.18. The maximum absolute atomic E-state index is 12.1. The zero-order valence-corrected chi connectivity index (χ0v) is 9.18. The molecule has 0 aliphatic carbocycles. The van der Waals surface area contributed by atoms with Crippen LogP contribution in [0.4, 0.5) is 0 Å². The molecular formula is C13H14O3. The topological polar surface area (TPSA) is 35.5 Å². The molecule has 0 bridgehead atoms. The van der Waals surface area contributed by atoms with Gasteiger partial charge in [0.05, 0.1) is 6.61 Å². The predicted molar refractivity (Wildman–Crippen MR) is 59.9 cm³/mol. The van der Waals surface area contributed by atoms with E-state index in [0.717, 1.165) is 12.0 Å². The van der Waals surface area contributed by atoms with Gasteiger partial charge >= 0.3 is 0 Å². The summed E-state index contributed by atoms with van der Waals surface area (Å²) < 4.78 is 10.5. The molecule has 0 saturated carbocycles. The lowest BCUT2D eigenvalue weighted by Crippen LogP contribution is -2.17. The number of benzene rings is 1. The summed E-state index contributed by atoms with van der Waals surface area (Å²) in [5.74, 6) is 0.321. The molecule has 2 rings (SSSR count). The van der Waals surface area contributed by atoms with Crippen molar-refractivity contribution in [3.05, 3.63) is 47.7 Å². The lowest BCUT2D eigenvalue weighted by Gasteiger charge is -2.14. The summed E-state index contributed by atoms with van der Waals surface area (Å²) >= 11 is 0. The van der Waals surface area contributed by atoms with Crippen LogP contribution in [0.25, 0.3) is 0 Å². The number of Topliss-reactive ketones (excluding diaryl/α,β-unsaturated/α-hetero) is 1. The third-order valence-corrected chi connectivity index (χ3v) is 2.52. The molecule has 0 saturated heterocycles. The molecule has 3 heteroatoms. The second kappa shape index (κ2) is 4.94. The van der Waals surface area contributed by atoms with Gasteiger partial charge in [0.2, 0.25) is 5.78 Å². The van der Waals surface area contributed by atoms with Gasteiger partial charge in [-0.25, -0.2) is 0 Å². The van der Waals surface area contributed by atoms with Crippen LogP contribution >= 0.6 is 0 Å². The SMILES string of the molecule is COC(C(=O)C1=CCCO1)c1ccccc1. The van der Waals surface area contributed by atoms with E-state index in [9.17, 15) is 4.79 Å². The summed E-state index contributed by atoms with van der Waals surface area (Å²) in [5.41, 5.74) is 0.853. The minimum absolute atomic E-state index is 0.105. The standard InChI is InChI=1S/C13H14O3/c1-15-13(10-6-3-2-4-7-10)12(14)11-8-5-9-16-11/h2-4,6-8,13H,5,9H2,1H3. The van der Waals surface area contributed by atoms with Gasteiger partial charge < -0.3 is 9.47 Å². The summed E-state index contributed by atoms with van der Waals surface area (Å²) in [4.78, 5) is 12.1. The maximum Gasteiger partial charge on any atom is 0.230 e. The van der Waals surface area contributed by atoms with Crippen molar-refractivity contribution in [2.45, 2.75) is 12.5 Å². The van der Waals surface area contributed by atoms with Crippen LogP contribution in [0.5, 0.6) is 0 Å². The monoisotopic (exact) mass is 218 g/mol. The van der Waals surface area contributed by atoms with Crippen LogP contribution < -0.4 is 0 Å². The fourth-order valence-electron chi connectivity index (χ4n) is 1.74. The molecule has 84 valence electrons. The zero-order chi connectivity index (χ0) is 11.4. The number of hydrogen-bond acceptors (Lipinski definition) is 3. The van der Waals surface area contributed by atoms with Crippen molar-refractivity contribution >= 4 is 5.78 Å². The summed E-state index contributed by atoms with van der Waals surface area (Å²) in [7, 11) is 1.53. The highest BCUT2D eigenvalue weighted by atomic mass is 16.5. The normalized spacial score (nSPS) is 16.4. The first kappa shape index (κ1) is 10.9. The fraction of sp³-hybridized carbons (Fsp3) is 0.308. The van der Waals surface area contributed by atoms with E-state index < -0.39 is 6.10 Å². The van der Waals surface area contributed by atoms with E-state index in [4.69, 9.17) is 9.47 Å². The van der Waals surface area contributed by atoms with Crippen molar-refractivity contribution in [2.75, 3.05) is 13.7 Å². The third-order valence-electron chi connectivity index (χ3n) is 2.52. The number of hydrogen-bond donors (Lipinski definition) is 0. The van der Waals surface area contributed by atoms with Crippen molar-refractivity contribution < 1.29 is 14.3 Å². The molecule has 0 N–H and O–H groups in total. The van der Waals surface area contributed by atoms with Gasteiger partial charge in [-0.15, -0.1) is 0 Å². The summed E-state index contributed by atoms with van der Waals surface area (Å²) in [5, 5.41) is 0. The molecule has 3 nitrogen and oxygen atoms in total. The third kappa shape index (κ3) is 2.14.